The van der Waals surface area contributed by atoms with Crippen LogP contribution in [-0.4, -0.2) is 37.1 Å². The molecule has 3 aromatic rings. The van der Waals surface area contributed by atoms with Crippen LogP contribution in [0.3, 0.4) is 0 Å². The number of fused-ring (bicyclic) bond motifs is 2. The molecule has 3 heterocycles. The summed E-state index contributed by atoms with van der Waals surface area (Å²) in [4.78, 5) is 30.6. The number of aromatic nitrogens is 4. The van der Waals surface area contributed by atoms with Crippen LogP contribution < -0.4 is 5.43 Å². The Labute approximate surface area is 160 Å². The lowest BCUT2D eigenvalue weighted by molar-refractivity contribution is 0.0678. The Balaban J connectivity index is 1.49. The molecule has 1 fully saturated rings. The molecule has 0 saturated heterocycles. The summed E-state index contributed by atoms with van der Waals surface area (Å²) < 4.78 is 2.16. The van der Waals surface area contributed by atoms with E-state index >= 15 is 0 Å². The maximum Gasteiger partial charge on any atom is 0.259 e. The third kappa shape index (κ3) is 2.65. The smallest absolute Gasteiger partial charge is 0.259 e. The van der Waals surface area contributed by atoms with E-state index < -0.39 is 0 Å². The average Bonchev–Trinajstić information content (AvgIpc) is 3.40. The molecular weight excluding hydrogens is 366 g/mol. The highest BCUT2D eigenvalue weighted by Gasteiger charge is 2.36. The highest BCUT2D eigenvalue weighted by atomic mass is 35.5. The van der Waals surface area contributed by atoms with Gasteiger partial charge in [-0.15, -0.1) is 10.2 Å². The summed E-state index contributed by atoms with van der Waals surface area (Å²) >= 11 is 5.98. The zero-order chi connectivity index (χ0) is 18.7. The van der Waals surface area contributed by atoms with Crippen molar-refractivity contribution in [1.82, 2.24) is 24.6 Å². The lowest BCUT2D eigenvalue weighted by atomic mass is 10.1. The van der Waals surface area contributed by atoms with Crippen LogP contribution >= 0.6 is 11.6 Å². The van der Waals surface area contributed by atoms with Gasteiger partial charge in [0.2, 0.25) is 5.43 Å². The van der Waals surface area contributed by atoms with Crippen LogP contribution in [0.25, 0.3) is 10.9 Å². The van der Waals surface area contributed by atoms with E-state index in [2.05, 4.69) is 26.7 Å². The first-order valence-electron chi connectivity index (χ1n) is 9.07. The molecule has 7 nitrogen and oxygen atoms in total. The van der Waals surface area contributed by atoms with Crippen LogP contribution in [0.15, 0.2) is 29.2 Å². The predicted molar refractivity (Wildman–Crippen MR) is 101 cm³/mol. The monoisotopic (exact) mass is 383 g/mol. The number of carbonyl (C=O) groups is 1. The minimum Gasteiger partial charge on any atom is -0.360 e. The third-order valence-corrected chi connectivity index (χ3v) is 5.59. The van der Waals surface area contributed by atoms with Gasteiger partial charge in [-0.1, -0.05) is 11.6 Å². The Kier molecular flexibility index (Phi) is 3.62. The molecule has 2 aromatic heterocycles. The molecule has 0 radical (unpaired) electrons. The van der Waals surface area contributed by atoms with E-state index in [1.54, 1.807) is 23.1 Å². The van der Waals surface area contributed by atoms with Crippen LogP contribution in [0.5, 0.6) is 0 Å². The Bertz CT molecular complexity index is 1130. The molecule has 1 N–H and O–H groups in total. The van der Waals surface area contributed by atoms with Crippen molar-refractivity contribution < 1.29 is 4.79 Å². The predicted octanol–water partition coefficient (Wildman–Crippen LogP) is 2.87. The number of halogens is 1. The van der Waals surface area contributed by atoms with Crippen molar-refractivity contribution in [3.8, 4) is 0 Å². The zero-order valence-electron chi connectivity index (χ0n) is 14.8. The average molecular weight is 384 g/mol. The lowest BCUT2D eigenvalue weighted by Crippen LogP contribution is -2.42. The third-order valence-electron chi connectivity index (χ3n) is 5.35. The van der Waals surface area contributed by atoms with E-state index in [0.29, 0.717) is 34.9 Å². The first-order chi connectivity index (χ1) is 13.0. The minimum absolute atomic E-state index is 0.0849. The number of pyridine rings is 1. The van der Waals surface area contributed by atoms with E-state index in [4.69, 9.17) is 11.6 Å². The maximum atomic E-state index is 13.1. The highest BCUT2D eigenvalue weighted by molar-refractivity contribution is 6.31. The van der Waals surface area contributed by atoms with Crippen molar-refractivity contribution in [3.05, 3.63) is 56.9 Å². The first kappa shape index (κ1) is 16.5. The van der Waals surface area contributed by atoms with Crippen molar-refractivity contribution >= 4 is 28.4 Å². The van der Waals surface area contributed by atoms with E-state index in [9.17, 15) is 9.59 Å². The Morgan fingerprint density at radius 2 is 2.11 bits per heavy atom. The van der Waals surface area contributed by atoms with Gasteiger partial charge in [-0.25, -0.2) is 0 Å². The van der Waals surface area contributed by atoms with E-state index in [1.807, 2.05) is 0 Å². The van der Waals surface area contributed by atoms with Crippen molar-refractivity contribution in [1.29, 1.82) is 0 Å². The molecule has 138 valence electrons. The molecule has 0 unspecified atom stereocenters. The van der Waals surface area contributed by atoms with Crippen LogP contribution in [0.1, 0.15) is 53.7 Å². The van der Waals surface area contributed by atoms with Crippen LogP contribution in [0, 0.1) is 0 Å². The summed E-state index contributed by atoms with van der Waals surface area (Å²) in [6.07, 6.45) is 3.79. The molecular formula is C19H18ClN5O2. The molecule has 0 bridgehead atoms. The van der Waals surface area contributed by atoms with Crippen molar-refractivity contribution in [2.75, 3.05) is 6.54 Å². The van der Waals surface area contributed by atoms with Gasteiger partial charge in [0.25, 0.3) is 5.91 Å². The van der Waals surface area contributed by atoms with Crippen LogP contribution in [-0.2, 0) is 6.54 Å². The summed E-state index contributed by atoms with van der Waals surface area (Å²) in [5, 5.41) is 9.62. The normalized spacial score (nSPS) is 19.3. The number of amides is 1. The number of aromatic amines is 1. The second-order valence-electron chi connectivity index (χ2n) is 7.37. The maximum absolute atomic E-state index is 13.1. The first-order valence-corrected chi connectivity index (χ1v) is 9.44. The quantitative estimate of drug-likeness (QED) is 0.737. The summed E-state index contributed by atoms with van der Waals surface area (Å²) in [6.45, 7) is 2.95. The van der Waals surface area contributed by atoms with Gasteiger partial charge in [-0.2, -0.15) is 0 Å². The molecule has 8 heteroatoms. The van der Waals surface area contributed by atoms with Gasteiger partial charge in [0.05, 0.1) is 18.1 Å². The summed E-state index contributed by atoms with van der Waals surface area (Å²) in [5.41, 5.74) is 0.459. The van der Waals surface area contributed by atoms with Gasteiger partial charge < -0.3 is 14.5 Å². The molecule has 27 heavy (non-hydrogen) atoms. The Hall–Kier alpha value is -2.67. The summed E-state index contributed by atoms with van der Waals surface area (Å²) in [7, 11) is 0. The number of H-pyrrole nitrogens is 1. The van der Waals surface area contributed by atoms with E-state index in [-0.39, 0.29) is 22.9 Å². The Morgan fingerprint density at radius 1 is 1.30 bits per heavy atom. The van der Waals surface area contributed by atoms with Crippen molar-refractivity contribution in [2.24, 2.45) is 0 Å². The fraction of sp³-hybridized carbons (Fsp3) is 0.368. The van der Waals surface area contributed by atoms with Gasteiger partial charge in [-0.3, -0.25) is 9.59 Å². The summed E-state index contributed by atoms with van der Waals surface area (Å²) in [6, 6.07) is 5.06. The Morgan fingerprint density at radius 3 is 2.89 bits per heavy atom. The molecule has 1 aliphatic carbocycles. The molecule has 1 amide bonds. The van der Waals surface area contributed by atoms with Crippen LogP contribution in [0.4, 0.5) is 0 Å². The fourth-order valence-electron chi connectivity index (χ4n) is 3.86. The van der Waals surface area contributed by atoms with E-state index in [0.717, 1.165) is 24.5 Å². The standard InChI is InChI=1S/C19H18ClN5O2/c1-10-8-24(9-16-22-23-18(25(10)16)11-2-3-11)19(27)14-7-21-15-6-12(20)4-5-13(15)17(14)26/h4-7,10-11H,2-3,8-9H2,1H3,(H,21,26)/t10-/m0/s1. The number of benzene rings is 1. The molecule has 1 atom stereocenters. The van der Waals surface area contributed by atoms with Gasteiger partial charge >= 0.3 is 0 Å². The molecule has 0 spiro atoms. The van der Waals surface area contributed by atoms with Gasteiger partial charge in [0.15, 0.2) is 5.82 Å². The van der Waals surface area contributed by atoms with Gasteiger partial charge in [-0.05, 0) is 38.0 Å². The number of hydrogen-bond acceptors (Lipinski definition) is 4. The largest absolute Gasteiger partial charge is 0.360 e. The second-order valence-corrected chi connectivity index (χ2v) is 7.81. The van der Waals surface area contributed by atoms with E-state index in [1.165, 1.54) is 6.20 Å². The molecule has 1 aliphatic heterocycles. The van der Waals surface area contributed by atoms with Gasteiger partial charge in [0, 0.05) is 29.1 Å². The molecule has 2 aliphatic rings. The highest BCUT2D eigenvalue weighted by Crippen LogP contribution is 2.41. The fourth-order valence-corrected chi connectivity index (χ4v) is 4.03. The molecule has 1 aromatic carbocycles. The SMILES string of the molecule is C[C@H]1CN(C(=O)c2c[nH]c3cc(Cl)ccc3c2=O)Cc2nnc(C3CC3)n21. The molecule has 1 saturated carbocycles. The summed E-state index contributed by atoms with van der Waals surface area (Å²) in [5.74, 6) is 2.03. The number of nitrogens with zero attached hydrogens (tertiary/aromatic N) is 4. The number of carbonyl (C=O) groups excluding carboxylic acids is 1. The van der Waals surface area contributed by atoms with Crippen molar-refractivity contribution in [3.63, 3.8) is 0 Å². The van der Waals surface area contributed by atoms with Gasteiger partial charge in [0.1, 0.15) is 11.4 Å². The lowest BCUT2D eigenvalue weighted by Gasteiger charge is -2.32. The topological polar surface area (TPSA) is 83.9 Å². The number of hydrogen-bond donors (Lipinski definition) is 1. The minimum atomic E-state index is -0.290. The number of rotatable bonds is 2. The number of nitrogens with one attached hydrogen (secondary N) is 1. The second kappa shape index (κ2) is 5.92. The van der Waals surface area contributed by atoms with Crippen LogP contribution in [0.2, 0.25) is 5.02 Å². The molecule has 5 rings (SSSR count). The zero-order valence-corrected chi connectivity index (χ0v) is 15.5. The van der Waals surface area contributed by atoms with Crippen molar-refractivity contribution in [2.45, 2.75) is 38.3 Å².